The van der Waals surface area contributed by atoms with Crippen LogP contribution in [-0.4, -0.2) is 30.4 Å². The SMILES string of the molecule is COc1ccc2cc(CNC(=O)CSCC(=O)Nc3ccc(C)cc3)ccc2c1. The summed E-state index contributed by atoms with van der Waals surface area (Å²) in [5.74, 6) is 1.09. The number of hydrogen-bond acceptors (Lipinski definition) is 4. The molecule has 0 aliphatic rings. The molecule has 2 amide bonds. The van der Waals surface area contributed by atoms with E-state index in [1.807, 2.05) is 61.5 Å². The Labute approximate surface area is 174 Å². The highest BCUT2D eigenvalue weighted by Gasteiger charge is 2.07. The Morgan fingerprint density at radius 2 is 1.59 bits per heavy atom. The van der Waals surface area contributed by atoms with Crippen LogP contribution >= 0.6 is 11.8 Å². The minimum atomic E-state index is -0.114. The summed E-state index contributed by atoms with van der Waals surface area (Å²) < 4.78 is 5.24. The summed E-state index contributed by atoms with van der Waals surface area (Å²) in [6, 6.07) is 19.6. The molecule has 6 heteroatoms. The number of aryl methyl sites for hydroxylation is 1. The van der Waals surface area contributed by atoms with Gasteiger partial charge in [0, 0.05) is 12.2 Å². The van der Waals surface area contributed by atoms with E-state index in [9.17, 15) is 9.59 Å². The summed E-state index contributed by atoms with van der Waals surface area (Å²) in [7, 11) is 1.65. The minimum absolute atomic E-state index is 0.0898. The van der Waals surface area contributed by atoms with E-state index in [2.05, 4.69) is 16.7 Å². The average molecular weight is 409 g/mol. The molecule has 3 aromatic rings. The molecule has 0 atom stereocenters. The van der Waals surface area contributed by atoms with Gasteiger partial charge in [-0.15, -0.1) is 11.8 Å². The summed E-state index contributed by atoms with van der Waals surface area (Å²) in [6.07, 6.45) is 0. The molecule has 3 aromatic carbocycles. The molecule has 0 spiro atoms. The topological polar surface area (TPSA) is 67.4 Å². The second-order valence-corrected chi connectivity index (χ2v) is 7.72. The van der Waals surface area contributed by atoms with Crippen LogP contribution in [0.1, 0.15) is 11.1 Å². The largest absolute Gasteiger partial charge is 0.497 e. The average Bonchev–Trinajstić information content (AvgIpc) is 2.73. The van der Waals surface area contributed by atoms with Crippen molar-refractivity contribution in [1.29, 1.82) is 0 Å². The maximum atomic E-state index is 12.1. The van der Waals surface area contributed by atoms with Gasteiger partial charge in [0.1, 0.15) is 5.75 Å². The van der Waals surface area contributed by atoms with E-state index in [0.29, 0.717) is 6.54 Å². The van der Waals surface area contributed by atoms with Gasteiger partial charge in [-0.3, -0.25) is 9.59 Å². The van der Waals surface area contributed by atoms with E-state index < -0.39 is 0 Å². The molecule has 0 bridgehead atoms. The maximum Gasteiger partial charge on any atom is 0.234 e. The van der Waals surface area contributed by atoms with Crippen molar-refractivity contribution in [3.8, 4) is 5.75 Å². The van der Waals surface area contributed by atoms with Crippen LogP contribution in [-0.2, 0) is 16.1 Å². The van der Waals surface area contributed by atoms with Crippen molar-refractivity contribution in [2.75, 3.05) is 23.9 Å². The van der Waals surface area contributed by atoms with Crippen molar-refractivity contribution >= 4 is 40.0 Å². The molecule has 3 rings (SSSR count). The fourth-order valence-electron chi connectivity index (χ4n) is 2.83. The zero-order chi connectivity index (χ0) is 20.6. The van der Waals surface area contributed by atoms with Crippen molar-refractivity contribution in [2.45, 2.75) is 13.5 Å². The monoisotopic (exact) mass is 408 g/mol. The van der Waals surface area contributed by atoms with Crippen LogP contribution in [0.5, 0.6) is 5.75 Å². The number of benzene rings is 3. The van der Waals surface area contributed by atoms with Gasteiger partial charge in [0.15, 0.2) is 0 Å². The van der Waals surface area contributed by atoms with Crippen molar-refractivity contribution in [3.63, 3.8) is 0 Å². The Morgan fingerprint density at radius 3 is 2.34 bits per heavy atom. The van der Waals surface area contributed by atoms with Gasteiger partial charge in [0.25, 0.3) is 0 Å². The van der Waals surface area contributed by atoms with E-state index in [1.165, 1.54) is 11.8 Å². The van der Waals surface area contributed by atoms with E-state index in [4.69, 9.17) is 4.74 Å². The third-order valence-electron chi connectivity index (χ3n) is 4.40. The zero-order valence-corrected chi connectivity index (χ0v) is 17.3. The van der Waals surface area contributed by atoms with Crippen molar-refractivity contribution in [1.82, 2.24) is 5.32 Å². The number of nitrogens with one attached hydrogen (secondary N) is 2. The Morgan fingerprint density at radius 1 is 0.897 bits per heavy atom. The molecule has 2 N–H and O–H groups in total. The first-order valence-corrected chi connectivity index (χ1v) is 10.5. The van der Waals surface area contributed by atoms with Gasteiger partial charge in [-0.05, 0) is 53.6 Å². The summed E-state index contributed by atoms with van der Waals surface area (Å²) in [6.45, 7) is 2.45. The number of anilines is 1. The number of rotatable bonds is 8. The highest BCUT2D eigenvalue weighted by Crippen LogP contribution is 2.21. The lowest BCUT2D eigenvalue weighted by molar-refractivity contribution is -0.118. The van der Waals surface area contributed by atoms with E-state index in [0.717, 1.165) is 33.3 Å². The second-order valence-electron chi connectivity index (χ2n) is 6.73. The number of methoxy groups -OCH3 is 1. The molecular formula is C23H24N2O3S. The van der Waals surface area contributed by atoms with E-state index in [-0.39, 0.29) is 23.3 Å². The van der Waals surface area contributed by atoms with Crippen LogP contribution in [0.3, 0.4) is 0 Å². The number of thioether (sulfide) groups is 1. The molecule has 0 heterocycles. The molecule has 0 aromatic heterocycles. The van der Waals surface area contributed by atoms with Gasteiger partial charge in [-0.25, -0.2) is 0 Å². The maximum absolute atomic E-state index is 12.1. The molecular weight excluding hydrogens is 384 g/mol. The fraction of sp³-hybridized carbons (Fsp3) is 0.217. The van der Waals surface area contributed by atoms with Crippen LogP contribution in [0, 0.1) is 6.92 Å². The lowest BCUT2D eigenvalue weighted by atomic mass is 10.1. The van der Waals surface area contributed by atoms with E-state index >= 15 is 0 Å². The molecule has 0 saturated carbocycles. The standard InChI is InChI=1S/C23H24N2O3S/c1-16-3-8-20(9-4-16)25-23(27)15-29-14-22(26)24-13-17-5-6-19-12-21(28-2)10-7-18(19)11-17/h3-12H,13-15H2,1-2H3,(H,24,26)(H,25,27). The predicted molar refractivity (Wildman–Crippen MR) is 119 cm³/mol. The lowest BCUT2D eigenvalue weighted by Gasteiger charge is -2.08. The highest BCUT2D eigenvalue weighted by molar-refractivity contribution is 8.00. The second kappa shape index (κ2) is 9.98. The van der Waals surface area contributed by atoms with Crippen LogP contribution in [0.2, 0.25) is 0 Å². The van der Waals surface area contributed by atoms with Crippen molar-refractivity contribution < 1.29 is 14.3 Å². The molecule has 0 saturated heterocycles. The van der Waals surface area contributed by atoms with E-state index in [1.54, 1.807) is 7.11 Å². The molecule has 5 nitrogen and oxygen atoms in total. The predicted octanol–water partition coefficient (Wildman–Crippen LogP) is 4.14. The molecule has 0 radical (unpaired) electrons. The van der Waals surface area contributed by atoms with Gasteiger partial charge in [0.2, 0.25) is 11.8 Å². The normalized spacial score (nSPS) is 10.6. The Hall–Kier alpha value is -2.99. The number of ether oxygens (including phenoxy) is 1. The highest BCUT2D eigenvalue weighted by atomic mass is 32.2. The Bertz CT molecular complexity index is 1000. The van der Waals surface area contributed by atoms with Gasteiger partial charge in [-0.2, -0.15) is 0 Å². The first kappa shape index (κ1) is 20.7. The third kappa shape index (κ3) is 6.26. The molecule has 0 aliphatic carbocycles. The van der Waals surface area contributed by atoms with Crippen molar-refractivity contribution in [2.24, 2.45) is 0 Å². The zero-order valence-electron chi connectivity index (χ0n) is 16.5. The Kier molecular flexibility index (Phi) is 7.14. The molecule has 0 fully saturated rings. The summed E-state index contributed by atoms with van der Waals surface area (Å²) >= 11 is 1.30. The smallest absolute Gasteiger partial charge is 0.234 e. The first-order chi connectivity index (χ1) is 14.0. The Balaban J connectivity index is 1.41. The lowest BCUT2D eigenvalue weighted by Crippen LogP contribution is -2.25. The number of carbonyl (C=O) groups excluding carboxylic acids is 2. The number of amides is 2. The van der Waals surface area contributed by atoms with Gasteiger partial charge < -0.3 is 15.4 Å². The molecule has 150 valence electrons. The van der Waals surface area contributed by atoms with Crippen LogP contribution in [0.4, 0.5) is 5.69 Å². The summed E-state index contributed by atoms with van der Waals surface area (Å²) in [5, 5.41) is 7.91. The van der Waals surface area contributed by atoms with Crippen LogP contribution in [0.15, 0.2) is 60.7 Å². The minimum Gasteiger partial charge on any atom is -0.497 e. The molecule has 29 heavy (non-hydrogen) atoms. The number of fused-ring (bicyclic) bond motifs is 1. The number of hydrogen-bond donors (Lipinski definition) is 2. The summed E-state index contributed by atoms with van der Waals surface area (Å²) in [4.78, 5) is 24.0. The van der Waals surface area contributed by atoms with Crippen LogP contribution in [0.25, 0.3) is 10.8 Å². The van der Waals surface area contributed by atoms with Gasteiger partial charge >= 0.3 is 0 Å². The third-order valence-corrected chi connectivity index (χ3v) is 5.34. The van der Waals surface area contributed by atoms with Crippen molar-refractivity contribution in [3.05, 3.63) is 71.8 Å². The molecule has 0 unspecified atom stereocenters. The first-order valence-electron chi connectivity index (χ1n) is 9.31. The van der Waals surface area contributed by atoms with Crippen LogP contribution < -0.4 is 15.4 Å². The summed E-state index contributed by atoms with van der Waals surface area (Å²) in [5.41, 5.74) is 2.93. The quantitative estimate of drug-likeness (QED) is 0.588. The number of carbonyl (C=O) groups is 2. The van der Waals surface area contributed by atoms with Gasteiger partial charge in [-0.1, -0.05) is 35.9 Å². The fourth-order valence-corrected chi connectivity index (χ4v) is 3.48. The van der Waals surface area contributed by atoms with Gasteiger partial charge in [0.05, 0.1) is 18.6 Å². The molecule has 0 aliphatic heterocycles.